The number of amides is 1. The summed E-state index contributed by atoms with van der Waals surface area (Å²) in [4.78, 5) is 14.3. The molecule has 1 aliphatic rings. The number of carbonyl (C=O) groups excluding carboxylic acids is 1. The minimum absolute atomic E-state index is 0.0765. The third-order valence-corrected chi connectivity index (χ3v) is 3.53. The molecule has 0 aromatic carbocycles. The fourth-order valence-electron chi connectivity index (χ4n) is 2.50. The van der Waals surface area contributed by atoms with Crippen molar-refractivity contribution in [3.05, 3.63) is 23.0 Å². The lowest BCUT2D eigenvalue weighted by atomic mass is 10.1. The van der Waals surface area contributed by atoms with Crippen LogP contribution >= 0.6 is 0 Å². The van der Waals surface area contributed by atoms with E-state index in [1.807, 2.05) is 6.92 Å². The number of hydrogen-bond donors (Lipinski definition) is 2. The topological polar surface area (TPSA) is 105 Å². The molecule has 1 saturated heterocycles. The van der Waals surface area contributed by atoms with Crippen LogP contribution < -0.4 is 5.73 Å². The van der Waals surface area contributed by atoms with Crippen molar-refractivity contribution in [1.29, 1.82) is 0 Å². The van der Waals surface area contributed by atoms with E-state index < -0.39 is 0 Å². The number of oxime groups is 1. The predicted molar refractivity (Wildman–Crippen MR) is 73.6 cm³/mol. The molecule has 2 rings (SSSR count). The van der Waals surface area contributed by atoms with Crippen LogP contribution in [0.3, 0.4) is 0 Å². The van der Waals surface area contributed by atoms with Gasteiger partial charge in [-0.1, -0.05) is 12.1 Å². The Morgan fingerprint density at radius 2 is 2.35 bits per heavy atom. The van der Waals surface area contributed by atoms with E-state index in [0.29, 0.717) is 36.3 Å². The zero-order chi connectivity index (χ0) is 14.7. The lowest BCUT2D eigenvalue weighted by molar-refractivity contribution is 0.0766. The van der Waals surface area contributed by atoms with E-state index in [-0.39, 0.29) is 17.8 Å². The maximum atomic E-state index is 12.7. The van der Waals surface area contributed by atoms with E-state index in [1.54, 1.807) is 17.9 Å². The van der Waals surface area contributed by atoms with Gasteiger partial charge in [-0.05, 0) is 32.3 Å². The standard InChI is InChI=1S/C13H19N5O2/c1-3-10-9(7-8(2)15-16-10)13(19)18-6-4-5-11(18)12(14)17-20/h7,11,20H,3-6H2,1-2H3,(H2,14,17). The molecule has 1 unspecified atom stereocenters. The summed E-state index contributed by atoms with van der Waals surface area (Å²) >= 11 is 0. The normalized spacial score (nSPS) is 19.4. The monoisotopic (exact) mass is 277 g/mol. The van der Waals surface area contributed by atoms with Gasteiger partial charge < -0.3 is 15.8 Å². The number of aromatic nitrogens is 2. The average Bonchev–Trinajstić information content (AvgIpc) is 2.95. The SMILES string of the molecule is CCc1nnc(C)cc1C(=O)N1CCCC1C(N)=NO. The van der Waals surface area contributed by atoms with E-state index in [4.69, 9.17) is 10.9 Å². The molecule has 1 aliphatic heterocycles. The molecule has 0 spiro atoms. The quantitative estimate of drug-likeness (QED) is 0.366. The summed E-state index contributed by atoms with van der Waals surface area (Å²) in [7, 11) is 0. The van der Waals surface area contributed by atoms with Crippen LogP contribution in [0.2, 0.25) is 0 Å². The Labute approximate surface area is 117 Å². The summed E-state index contributed by atoms with van der Waals surface area (Å²) in [5.74, 6) is -0.0541. The number of amidine groups is 1. The first kappa shape index (κ1) is 14.2. The van der Waals surface area contributed by atoms with E-state index in [1.165, 1.54) is 0 Å². The molecule has 0 radical (unpaired) electrons. The van der Waals surface area contributed by atoms with E-state index >= 15 is 0 Å². The van der Waals surface area contributed by atoms with E-state index in [0.717, 1.165) is 6.42 Å². The Morgan fingerprint density at radius 1 is 1.60 bits per heavy atom. The van der Waals surface area contributed by atoms with Crippen molar-refractivity contribution in [1.82, 2.24) is 15.1 Å². The van der Waals surface area contributed by atoms with Crippen LogP contribution in [0.5, 0.6) is 0 Å². The second kappa shape index (κ2) is 5.85. The lowest BCUT2D eigenvalue weighted by Gasteiger charge is -2.24. The van der Waals surface area contributed by atoms with Gasteiger partial charge in [0, 0.05) is 6.54 Å². The maximum Gasteiger partial charge on any atom is 0.256 e. The minimum atomic E-state index is -0.342. The van der Waals surface area contributed by atoms with E-state index in [9.17, 15) is 4.79 Å². The Morgan fingerprint density at radius 3 is 3.00 bits per heavy atom. The summed E-state index contributed by atoms with van der Waals surface area (Å²) in [5, 5.41) is 19.9. The smallest absolute Gasteiger partial charge is 0.256 e. The first-order valence-corrected chi connectivity index (χ1v) is 6.70. The van der Waals surface area contributed by atoms with Crippen LogP contribution in [0.15, 0.2) is 11.2 Å². The first-order valence-electron chi connectivity index (χ1n) is 6.70. The Balaban J connectivity index is 2.33. The zero-order valence-electron chi connectivity index (χ0n) is 11.7. The predicted octanol–water partition coefficient (Wildman–Crippen LogP) is 0.698. The molecule has 7 heteroatoms. The molecule has 108 valence electrons. The Kier molecular flexibility index (Phi) is 4.16. The van der Waals surface area contributed by atoms with Crippen LogP contribution in [-0.4, -0.2) is 44.6 Å². The molecule has 1 aromatic rings. The van der Waals surface area contributed by atoms with Crippen molar-refractivity contribution in [2.24, 2.45) is 10.9 Å². The molecule has 0 saturated carbocycles. The van der Waals surface area contributed by atoms with Crippen molar-refractivity contribution in [3.63, 3.8) is 0 Å². The third kappa shape index (κ3) is 2.56. The first-order chi connectivity index (χ1) is 9.58. The highest BCUT2D eigenvalue weighted by molar-refractivity contribution is 5.99. The molecule has 7 nitrogen and oxygen atoms in total. The maximum absolute atomic E-state index is 12.7. The number of likely N-dealkylation sites (tertiary alicyclic amines) is 1. The van der Waals surface area contributed by atoms with E-state index in [2.05, 4.69) is 15.4 Å². The van der Waals surface area contributed by atoms with Gasteiger partial charge in [0.2, 0.25) is 0 Å². The number of aryl methyl sites for hydroxylation is 2. The zero-order valence-corrected chi connectivity index (χ0v) is 11.7. The molecule has 3 N–H and O–H groups in total. The van der Waals surface area contributed by atoms with Gasteiger partial charge in [0.05, 0.1) is 23.0 Å². The molecule has 20 heavy (non-hydrogen) atoms. The molecular weight excluding hydrogens is 258 g/mol. The molecule has 0 bridgehead atoms. The van der Waals surface area contributed by atoms with Gasteiger partial charge in [-0.15, -0.1) is 0 Å². The van der Waals surface area contributed by atoms with Crippen LogP contribution in [0.4, 0.5) is 0 Å². The summed E-state index contributed by atoms with van der Waals surface area (Å²) in [6, 6.07) is 1.40. The highest BCUT2D eigenvalue weighted by Crippen LogP contribution is 2.21. The average molecular weight is 277 g/mol. The third-order valence-electron chi connectivity index (χ3n) is 3.53. The van der Waals surface area contributed by atoms with Crippen molar-refractivity contribution in [2.75, 3.05) is 6.54 Å². The molecule has 1 amide bonds. The van der Waals surface area contributed by atoms with Crippen molar-refractivity contribution in [2.45, 2.75) is 39.2 Å². The molecule has 2 heterocycles. The largest absolute Gasteiger partial charge is 0.409 e. The molecule has 1 aromatic heterocycles. The highest BCUT2D eigenvalue weighted by atomic mass is 16.4. The summed E-state index contributed by atoms with van der Waals surface area (Å²) in [6.45, 7) is 4.33. The number of hydrogen-bond acceptors (Lipinski definition) is 5. The van der Waals surface area contributed by atoms with Crippen molar-refractivity contribution >= 4 is 11.7 Å². The molecular formula is C13H19N5O2. The number of rotatable bonds is 3. The summed E-state index contributed by atoms with van der Waals surface area (Å²) < 4.78 is 0. The number of nitrogens with zero attached hydrogens (tertiary/aromatic N) is 4. The molecule has 1 fully saturated rings. The summed E-state index contributed by atoms with van der Waals surface area (Å²) in [6.07, 6.45) is 2.18. The summed E-state index contributed by atoms with van der Waals surface area (Å²) in [5.41, 5.74) is 7.59. The van der Waals surface area contributed by atoms with Gasteiger partial charge >= 0.3 is 0 Å². The Bertz CT molecular complexity index is 544. The lowest BCUT2D eigenvalue weighted by Crippen LogP contribution is -2.44. The van der Waals surface area contributed by atoms with Crippen LogP contribution in [0.1, 0.15) is 41.5 Å². The van der Waals surface area contributed by atoms with Gasteiger partial charge in [0.1, 0.15) is 0 Å². The molecule has 0 aliphatic carbocycles. The van der Waals surface area contributed by atoms with Crippen molar-refractivity contribution < 1.29 is 10.0 Å². The fraction of sp³-hybridized carbons (Fsp3) is 0.538. The molecule has 1 atom stereocenters. The van der Waals surface area contributed by atoms with Gasteiger partial charge in [0.15, 0.2) is 5.84 Å². The number of carbonyl (C=O) groups is 1. The van der Waals surface area contributed by atoms with Gasteiger partial charge in [0.25, 0.3) is 5.91 Å². The van der Waals surface area contributed by atoms with Crippen LogP contribution in [0, 0.1) is 6.92 Å². The van der Waals surface area contributed by atoms with Gasteiger partial charge in [-0.2, -0.15) is 10.2 Å². The Hall–Kier alpha value is -2.18. The number of nitrogens with two attached hydrogens (primary N) is 1. The highest BCUT2D eigenvalue weighted by Gasteiger charge is 2.33. The van der Waals surface area contributed by atoms with Crippen LogP contribution in [0.25, 0.3) is 0 Å². The van der Waals surface area contributed by atoms with Gasteiger partial charge in [-0.25, -0.2) is 0 Å². The second-order valence-corrected chi connectivity index (χ2v) is 4.88. The van der Waals surface area contributed by atoms with Crippen LogP contribution in [-0.2, 0) is 6.42 Å². The fourth-order valence-corrected chi connectivity index (χ4v) is 2.50. The van der Waals surface area contributed by atoms with Gasteiger partial charge in [-0.3, -0.25) is 4.79 Å². The second-order valence-electron chi connectivity index (χ2n) is 4.88. The minimum Gasteiger partial charge on any atom is -0.409 e. The van der Waals surface area contributed by atoms with Crippen molar-refractivity contribution in [3.8, 4) is 0 Å².